The van der Waals surface area contributed by atoms with Crippen molar-refractivity contribution in [1.82, 2.24) is 14.5 Å². The van der Waals surface area contributed by atoms with Gasteiger partial charge in [-0.1, -0.05) is 29.8 Å². The Kier molecular flexibility index (Phi) is 5.69. The Labute approximate surface area is 187 Å². The van der Waals surface area contributed by atoms with Crippen molar-refractivity contribution < 1.29 is 9.53 Å². The highest BCUT2D eigenvalue weighted by atomic mass is 35.5. The van der Waals surface area contributed by atoms with E-state index < -0.39 is 0 Å². The molecule has 0 bridgehead atoms. The number of anilines is 1. The SMILES string of the molecule is Cc1c(Cl)cccc1N1C[C@H](c2nc3ccccc3n2CCN2CCOCC2)CC1=O. The number of morpholine rings is 1. The lowest BCUT2D eigenvalue weighted by Crippen LogP contribution is -2.38. The summed E-state index contributed by atoms with van der Waals surface area (Å²) in [6.45, 7) is 7.92. The summed E-state index contributed by atoms with van der Waals surface area (Å²) < 4.78 is 7.80. The zero-order chi connectivity index (χ0) is 21.4. The maximum atomic E-state index is 13.0. The van der Waals surface area contributed by atoms with Crippen LogP contribution < -0.4 is 4.90 Å². The molecular formula is C24H27ClN4O2. The summed E-state index contributed by atoms with van der Waals surface area (Å²) in [7, 11) is 0. The number of carbonyl (C=O) groups is 1. The highest BCUT2D eigenvalue weighted by Crippen LogP contribution is 2.36. The van der Waals surface area contributed by atoms with Crippen LogP contribution in [0.5, 0.6) is 0 Å². The molecule has 0 unspecified atom stereocenters. The number of para-hydroxylation sites is 2. The van der Waals surface area contributed by atoms with E-state index in [9.17, 15) is 4.79 Å². The van der Waals surface area contributed by atoms with Gasteiger partial charge < -0.3 is 14.2 Å². The van der Waals surface area contributed by atoms with E-state index in [4.69, 9.17) is 21.3 Å². The number of rotatable bonds is 5. The molecule has 2 aliphatic rings. The molecule has 0 spiro atoms. The van der Waals surface area contributed by atoms with E-state index in [1.807, 2.05) is 36.1 Å². The quantitative estimate of drug-likeness (QED) is 0.607. The third-order valence-electron chi connectivity index (χ3n) is 6.45. The first kappa shape index (κ1) is 20.5. The number of hydrogen-bond donors (Lipinski definition) is 0. The van der Waals surface area contributed by atoms with E-state index in [2.05, 4.69) is 27.7 Å². The van der Waals surface area contributed by atoms with Gasteiger partial charge in [0, 0.05) is 55.8 Å². The van der Waals surface area contributed by atoms with Crippen molar-refractivity contribution in [2.75, 3.05) is 44.3 Å². The van der Waals surface area contributed by atoms with E-state index in [-0.39, 0.29) is 11.8 Å². The Morgan fingerprint density at radius 2 is 1.90 bits per heavy atom. The van der Waals surface area contributed by atoms with E-state index >= 15 is 0 Å². The standard InChI is InChI=1S/C24H27ClN4O2/c1-17-19(25)5-4-8-21(17)29-16-18(15-23(29)30)24-26-20-6-2-3-7-22(20)28(24)10-9-27-11-13-31-14-12-27/h2-8,18H,9-16H2,1H3/t18-/m1/s1. The monoisotopic (exact) mass is 438 g/mol. The molecule has 31 heavy (non-hydrogen) atoms. The van der Waals surface area contributed by atoms with Crippen LogP contribution in [-0.2, 0) is 16.1 Å². The number of carbonyl (C=O) groups excluding carboxylic acids is 1. The number of nitrogens with zero attached hydrogens (tertiary/aromatic N) is 4. The number of benzene rings is 2. The van der Waals surface area contributed by atoms with Gasteiger partial charge in [-0.25, -0.2) is 4.98 Å². The van der Waals surface area contributed by atoms with E-state index in [0.29, 0.717) is 18.0 Å². The summed E-state index contributed by atoms with van der Waals surface area (Å²) in [6.07, 6.45) is 0.465. The second-order valence-corrected chi connectivity index (χ2v) is 8.76. The van der Waals surface area contributed by atoms with Crippen LogP contribution in [0.2, 0.25) is 5.02 Å². The van der Waals surface area contributed by atoms with Crippen LogP contribution in [0.4, 0.5) is 5.69 Å². The molecule has 2 aromatic carbocycles. The van der Waals surface area contributed by atoms with Gasteiger partial charge in [0.15, 0.2) is 0 Å². The third-order valence-corrected chi connectivity index (χ3v) is 6.86. The number of hydrogen-bond acceptors (Lipinski definition) is 4. The van der Waals surface area contributed by atoms with E-state index in [1.54, 1.807) is 0 Å². The smallest absolute Gasteiger partial charge is 0.227 e. The Morgan fingerprint density at radius 1 is 1.10 bits per heavy atom. The molecule has 2 aliphatic heterocycles. The summed E-state index contributed by atoms with van der Waals surface area (Å²) >= 11 is 6.32. The van der Waals surface area contributed by atoms with Gasteiger partial charge in [0.25, 0.3) is 0 Å². The number of ether oxygens (including phenoxy) is 1. The average Bonchev–Trinajstić information content (AvgIpc) is 3.35. The van der Waals surface area contributed by atoms with Crippen molar-refractivity contribution in [3.63, 3.8) is 0 Å². The lowest BCUT2D eigenvalue weighted by atomic mass is 10.1. The summed E-state index contributed by atoms with van der Waals surface area (Å²) in [6, 6.07) is 14.0. The third kappa shape index (κ3) is 3.95. The minimum atomic E-state index is 0.0583. The first-order valence-electron chi connectivity index (χ1n) is 10.9. The van der Waals surface area contributed by atoms with Crippen LogP contribution >= 0.6 is 11.6 Å². The largest absolute Gasteiger partial charge is 0.379 e. The maximum Gasteiger partial charge on any atom is 0.227 e. The molecule has 6 nitrogen and oxygen atoms in total. The molecule has 3 aromatic rings. The van der Waals surface area contributed by atoms with Crippen molar-refractivity contribution in [2.45, 2.75) is 25.8 Å². The molecule has 1 aromatic heterocycles. The fourth-order valence-electron chi connectivity index (χ4n) is 4.71. The first-order chi connectivity index (χ1) is 15.1. The van der Waals surface area contributed by atoms with Crippen molar-refractivity contribution in [2.24, 2.45) is 0 Å². The van der Waals surface area contributed by atoms with E-state index in [1.165, 1.54) is 0 Å². The van der Waals surface area contributed by atoms with Gasteiger partial charge in [0.05, 0.1) is 24.2 Å². The average molecular weight is 439 g/mol. The van der Waals surface area contributed by atoms with Crippen molar-refractivity contribution in [1.29, 1.82) is 0 Å². The molecule has 1 amide bonds. The Balaban J connectivity index is 1.44. The Bertz CT molecular complexity index is 1110. The normalized spacial score (nSPS) is 20.1. The second kappa shape index (κ2) is 8.61. The summed E-state index contributed by atoms with van der Waals surface area (Å²) in [4.78, 5) is 22.3. The molecule has 1 atom stereocenters. The molecular weight excluding hydrogens is 412 g/mol. The first-order valence-corrected chi connectivity index (χ1v) is 11.3. The Morgan fingerprint density at radius 3 is 2.74 bits per heavy atom. The minimum absolute atomic E-state index is 0.0583. The number of fused-ring (bicyclic) bond motifs is 1. The van der Waals surface area contributed by atoms with Gasteiger partial charge >= 0.3 is 0 Å². The molecule has 162 valence electrons. The van der Waals surface area contributed by atoms with Crippen molar-refractivity contribution in [3.05, 3.63) is 58.9 Å². The van der Waals surface area contributed by atoms with Gasteiger partial charge in [-0.2, -0.15) is 0 Å². The summed E-state index contributed by atoms with van der Waals surface area (Å²) in [5.74, 6) is 1.19. The topological polar surface area (TPSA) is 50.6 Å². The molecule has 0 N–H and O–H groups in total. The number of imidazole rings is 1. The lowest BCUT2D eigenvalue weighted by Gasteiger charge is -2.27. The molecule has 7 heteroatoms. The zero-order valence-electron chi connectivity index (χ0n) is 17.8. The summed E-state index contributed by atoms with van der Waals surface area (Å²) in [5.41, 5.74) is 3.97. The van der Waals surface area contributed by atoms with Crippen LogP contribution in [0, 0.1) is 6.92 Å². The van der Waals surface area contributed by atoms with Gasteiger partial charge in [0.2, 0.25) is 5.91 Å². The predicted molar refractivity (Wildman–Crippen MR) is 123 cm³/mol. The second-order valence-electron chi connectivity index (χ2n) is 8.35. The Hall–Kier alpha value is -2.41. The number of aromatic nitrogens is 2. The fourth-order valence-corrected chi connectivity index (χ4v) is 4.88. The molecule has 0 aliphatic carbocycles. The predicted octanol–water partition coefficient (Wildman–Crippen LogP) is 3.85. The summed E-state index contributed by atoms with van der Waals surface area (Å²) in [5, 5.41) is 0.687. The van der Waals surface area contributed by atoms with Crippen LogP contribution in [0.3, 0.4) is 0 Å². The highest BCUT2D eigenvalue weighted by Gasteiger charge is 2.35. The number of amides is 1. The molecule has 0 saturated carbocycles. The molecule has 0 radical (unpaired) electrons. The van der Waals surface area contributed by atoms with Gasteiger partial charge in [-0.15, -0.1) is 0 Å². The molecule has 2 saturated heterocycles. The van der Waals surface area contributed by atoms with Crippen LogP contribution in [-0.4, -0.2) is 59.8 Å². The molecule has 2 fully saturated rings. The molecule has 3 heterocycles. The minimum Gasteiger partial charge on any atom is -0.379 e. The van der Waals surface area contributed by atoms with Crippen LogP contribution in [0.25, 0.3) is 11.0 Å². The molecule has 5 rings (SSSR count). The zero-order valence-corrected chi connectivity index (χ0v) is 18.5. The van der Waals surface area contributed by atoms with Crippen molar-refractivity contribution >= 4 is 34.2 Å². The van der Waals surface area contributed by atoms with Crippen LogP contribution in [0.15, 0.2) is 42.5 Å². The maximum absolute atomic E-state index is 13.0. The van der Waals surface area contributed by atoms with E-state index in [0.717, 1.165) is 67.5 Å². The fraction of sp³-hybridized carbons (Fsp3) is 0.417. The van der Waals surface area contributed by atoms with Gasteiger partial charge in [-0.3, -0.25) is 9.69 Å². The number of halogens is 1. The van der Waals surface area contributed by atoms with Gasteiger partial charge in [0.1, 0.15) is 5.82 Å². The highest BCUT2D eigenvalue weighted by molar-refractivity contribution is 6.31. The van der Waals surface area contributed by atoms with Gasteiger partial charge in [-0.05, 0) is 36.8 Å². The van der Waals surface area contributed by atoms with Crippen LogP contribution in [0.1, 0.15) is 23.7 Å². The van der Waals surface area contributed by atoms with Crippen molar-refractivity contribution in [3.8, 4) is 0 Å². The lowest BCUT2D eigenvalue weighted by molar-refractivity contribution is -0.117.